The third-order valence-electron chi connectivity index (χ3n) is 5.23. The van der Waals surface area contributed by atoms with Crippen molar-refractivity contribution in [2.24, 2.45) is 0 Å². The van der Waals surface area contributed by atoms with Gasteiger partial charge in [0.25, 0.3) is 0 Å². The topological polar surface area (TPSA) is 88.1 Å². The molecular formula is C23H28N2O5. The van der Waals surface area contributed by atoms with Gasteiger partial charge in [0.1, 0.15) is 13.2 Å². The molecule has 1 fully saturated rings. The number of rotatable bonds is 5. The van der Waals surface area contributed by atoms with Crippen molar-refractivity contribution in [2.45, 2.75) is 44.6 Å². The van der Waals surface area contributed by atoms with Crippen LogP contribution in [0.15, 0.2) is 60.7 Å². The number of ether oxygens (including phenoxy) is 2. The third kappa shape index (κ3) is 6.22. The number of nitrogens with zero attached hydrogens (tertiary/aromatic N) is 1. The van der Waals surface area contributed by atoms with E-state index in [0.29, 0.717) is 19.4 Å². The monoisotopic (exact) mass is 412 g/mol. The van der Waals surface area contributed by atoms with Crippen LogP contribution in [-0.2, 0) is 22.7 Å². The standard InChI is InChI=1S/C23H28N2O5/c1-23(28)13-8-14-25(22(27)30-17-19-11-6-3-7-12-19)15-20(23)24-21(26)29-16-18-9-4-2-5-10-18/h2-7,9-12,20,28H,8,13-17H2,1H3,(H,24,26)/t20-,23?/m0/s1. The van der Waals surface area contributed by atoms with E-state index in [0.717, 1.165) is 11.1 Å². The Kier molecular flexibility index (Phi) is 7.30. The van der Waals surface area contributed by atoms with Gasteiger partial charge in [0.05, 0.1) is 11.6 Å². The van der Waals surface area contributed by atoms with Crippen molar-refractivity contribution in [1.29, 1.82) is 0 Å². The second-order valence-electron chi connectivity index (χ2n) is 7.71. The van der Waals surface area contributed by atoms with Crippen LogP contribution in [0.4, 0.5) is 9.59 Å². The van der Waals surface area contributed by atoms with E-state index in [2.05, 4.69) is 5.32 Å². The summed E-state index contributed by atoms with van der Waals surface area (Å²) in [4.78, 5) is 26.4. The first-order valence-electron chi connectivity index (χ1n) is 10.1. The minimum absolute atomic E-state index is 0.129. The average molecular weight is 412 g/mol. The van der Waals surface area contributed by atoms with Crippen LogP contribution in [0.5, 0.6) is 0 Å². The van der Waals surface area contributed by atoms with E-state index in [1.807, 2.05) is 60.7 Å². The molecule has 1 heterocycles. The summed E-state index contributed by atoms with van der Waals surface area (Å²) >= 11 is 0. The normalized spacial score (nSPS) is 21.4. The van der Waals surface area contributed by atoms with Crippen LogP contribution < -0.4 is 5.32 Å². The van der Waals surface area contributed by atoms with Gasteiger partial charge in [-0.15, -0.1) is 0 Å². The first kappa shape index (κ1) is 21.6. The highest BCUT2D eigenvalue weighted by Crippen LogP contribution is 2.23. The molecule has 7 nitrogen and oxygen atoms in total. The Bertz CT molecular complexity index is 826. The summed E-state index contributed by atoms with van der Waals surface area (Å²) in [6, 6.07) is 18.1. The van der Waals surface area contributed by atoms with E-state index in [1.165, 1.54) is 4.90 Å². The number of carbonyl (C=O) groups is 2. The van der Waals surface area contributed by atoms with Crippen molar-refractivity contribution >= 4 is 12.2 Å². The Morgan fingerprint density at radius 1 is 1.03 bits per heavy atom. The third-order valence-corrected chi connectivity index (χ3v) is 5.23. The second-order valence-corrected chi connectivity index (χ2v) is 7.71. The van der Waals surface area contributed by atoms with E-state index in [1.54, 1.807) is 6.92 Å². The van der Waals surface area contributed by atoms with Crippen LogP contribution in [-0.4, -0.2) is 46.9 Å². The molecule has 0 saturated carbocycles. The summed E-state index contributed by atoms with van der Waals surface area (Å²) in [6.07, 6.45) is -0.0614. The van der Waals surface area contributed by atoms with Crippen LogP contribution in [0, 0.1) is 0 Å². The van der Waals surface area contributed by atoms with Gasteiger partial charge >= 0.3 is 12.2 Å². The molecule has 0 radical (unpaired) electrons. The first-order valence-corrected chi connectivity index (χ1v) is 10.1. The summed E-state index contributed by atoms with van der Waals surface area (Å²) in [5.41, 5.74) is 0.596. The van der Waals surface area contributed by atoms with E-state index in [9.17, 15) is 14.7 Å². The van der Waals surface area contributed by atoms with Gasteiger partial charge in [-0.1, -0.05) is 60.7 Å². The predicted molar refractivity (Wildman–Crippen MR) is 112 cm³/mol. The Morgan fingerprint density at radius 2 is 1.60 bits per heavy atom. The van der Waals surface area contributed by atoms with Gasteiger partial charge < -0.3 is 24.8 Å². The number of alkyl carbamates (subject to hydrolysis) is 1. The summed E-state index contributed by atoms with van der Waals surface area (Å²) in [5.74, 6) is 0. The summed E-state index contributed by atoms with van der Waals surface area (Å²) in [7, 11) is 0. The molecule has 2 N–H and O–H groups in total. The van der Waals surface area contributed by atoms with Crippen LogP contribution in [0.2, 0.25) is 0 Å². The van der Waals surface area contributed by atoms with Gasteiger partial charge in [-0.05, 0) is 30.9 Å². The lowest BCUT2D eigenvalue weighted by Gasteiger charge is -2.32. The highest BCUT2D eigenvalue weighted by Gasteiger charge is 2.38. The molecule has 30 heavy (non-hydrogen) atoms. The largest absolute Gasteiger partial charge is 0.445 e. The minimum atomic E-state index is -1.17. The lowest BCUT2D eigenvalue weighted by atomic mass is 9.92. The molecule has 1 aliphatic rings. The number of carbonyl (C=O) groups excluding carboxylic acids is 2. The van der Waals surface area contributed by atoms with Gasteiger partial charge in [0.15, 0.2) is 0 Å². The lowest BCUT2D eigenvalue weighted by Crippen LogP contribution is -2.55. The van der Waals surface area contributed by atoms with Gasteiger partial charge in [0, 0.05) is 13.1 Å². The quantitative estimate of drug-likeness (QED) is 0.785. The van der Waals surface area contributed by atoms with Crippen molar-refractivity contribution in [3.8, 4) is 0 Å². The van der Waals surface area contributed by atoms with E-state index in [4.69, 9.17) is 9.47 Å². The fourth-order valence-electron chi connectivity index (χ4n) is 3.39. The second kappa shape index (κ2) is 10.1. The number of benzene rings is 2. The Balaban J connectivity index is 1.56. The van der Waals surface area contributed by atoms with E-state index >= 15 is 0 Å². The predicted octanol–water partition coefficient (Wildman–Crippen LogP) is 3.47. The molecule has 2 aromatic rings. The molecule has 1 aliphatic heterocycles. The Labute approximate surface area is 176 Å². The highest BCUT2D eigenvalue weighted by molar-refractivity contribution is 5.69. The number of hydrogen-bond donors (Lipinski definition) is 2. The van der Waals surface area contributed by atoms with E-state index < -0.39 is 23.8 Å². The van der Waals surface area contributed by atoms with Crippen molar-refractivity contribution < 1.29 is 24.2 Å². The van der Waals surface area contributed by atoms with Crippen LogP contribution in [0.1, 0.15) is 30.9 Å². The minimum Gasteiger partial charge on any atom is -0.445 e. The van der Waals surface area contributed by atoms with Crippen molar-refractivity contribution in [2.75, 3.05) is 13.1 Å². The SMILES string of the molecule is CC1(O)CCCN(C(=O)OCc2ccccc2)C[C@@H]1NC(=O)OCc1ccccc1. The molecule has 0 bridgehead atoms. The van der Waals surface area contributed by atoms with Gasteiger partial charge in [-0.3, -0.25) is 0 Å². The number of nitrogens with one attached hydrogen (secondary N) is 1. The number of likely N-dealkylation sites (tertiary alicyclic amines) is 1. The van der Waals surface area contributed by atoms with Crippen LogP contribution in [0.25, 0.3) is 0 Å². The maximum atomic E-state index is 12.6. The number of hydrogen-bond acceptors (Lipinski definition) is 5. The zero-order valence-corrected chi connectivity index (χ0v) is 17.1. The molecule has 2 aromatic carbocycles. The van der Waals surface area contributed by atoms with Gasteiger partial charge in [0.2, 0.25) is 0 Å². The zero-order valence-electron chi connectivity index (χ0n) is 17.1. The molecule has 2 amide bonds. The summed E-state index contributed by atoms with van der Waals surface area (Å²) in [5, 5.41) is 13.5. The molecular weight excluding hydrogens is 384 g/mol. The zero-order chi connectivity index (χ0) is 21.4. The molecule has 3 rings (SSSR count). The summed E-state index contributed by atoms with van der Waals surface area (Å²) < 4.78 is 10.7. The van der Waals surface area contributed by atoms with Crippen molar-refractivity contribution in [3.05, 3.63) is 71.8 Å². The Hall–Kier alpha value is -3.06. The smallest absolute Gasteiger partial charge is 0.410 e. The first-order chi connectivity index (χ1) is 14.4. The molecule has 7 heteroatoms. The van der Waals surface area contributed by atoms with Crippen LogP contribution in [0.3, 0.4) is 0 Å². The molecule has 1 saturated heterocycles. The maximum absolute atomic E-state index is 12.6. The van der Waals surface area contributed by atoms with Gasteiger partial charge in [-0.2, -0.15) is 0 Å². The lowest BCUT2D eigenvalue weighted by molar-refractivity contribution is 0.00989. The molecule has 2 atom stereocenters. The average Bonchev–Trinajstić information content (AvgIpc) is 2.90. The number of aliphatic hydroxyl groups is 1. The summed E-state index contributed by atoms with van der Waals surface area (Å²) in [6.45, 7) is 2.55. The van der Waals surface area contributed by atoms with Crippen LogP contribution >= 0.6 is 0 Å². The fraction of sp³-hybridized carbons (Fsp3) is 0.391. The van der Waals surface area contributed by atoms with Crippen molar-refractivity contribution in [3.63, 3.8) is 0 Å². The molecule has 160 valence electrons. The molecule has 0 aromatic heterocycles. The van der Waals surface area contributed by atoms with Gasteiger partial charge in [-0.25, -0.2) is 9.59 Å². The highest BCUT2D eigenvalue weighted by atomic mass is 16.6. The van der Waals surface area contributed by atoms with Crippen molar-refractivity contribution in [1.82, 2.24) is 10.2 Å². The van der Waals surface area contributed by atoms with E-state index in [-0.39, 0.29) is 19.8 Å². The molecule has 0 spiro atoms. The maximum Gasteiger partial charge on any atom is 0.410 e. The Morgan fingerprint density at radius 3 is 2.20 bits per heavy atom. The molecule has 0 aliphatic carbocycles. The molecule has 1 unspecified atom stereocenters. The fourth-order valence-corrected chi connectivity index (χ4v) is 3.39. The number of amides is 2.